The van der Waals surface area contributed by atoms with Gasteiger partial charge in [0.05, 0.1) is 4.88 Å². The highest BCUT2D eigenvalue weighted by atomic mass is 32.1. The Morgan fingerprint density at radius 1 is 1.65 bits per heavy atom. The molecule has 0 saturated carbocycles. The Kier molecular flexibility index (Phi) is 3.79. The van der Waals surface area contributed by atoms with Gasteiger partial charge in [0, 0.05) is 26.1 Å². The Bertz CT molecular complexity index is 581. The Morgan fingerprint density at radius 2 is 2.55 bits per heavy atom. The molecule has 3 heterocycles. The number of hydrogen-bond donors (Lipinski definition) is 0. The van der Waals surface area contributed by atoms with Crippen LogP contribution < -0.4 is 0 Å². The molecule has 6 nitrogen and oxygen atoms in total. The van der Waals surface area contributed by atoms with Crippen LogP contribution in [0.3, 0.4) is 0 Å². The summed E-state index contributed by atoms with van der Waals surface area (Å²) in [6, 6.07) is 3.90. The molecule has 0 N–H and O–H groups in total. The minimum atomic E-state index is 0.0111. The Morgan fingerprint density at radius 3 is 3.30 bits per heavy atom. The van der Waals surface area contributed by atoms with Crippen LogP contribution in [-0.2, 0) is 9.53 Å². The number of rotatable bonds is 4. The van der Waals surface area contributed by atoms with Crippen molar-refractivity contribution in [2.24, 2.45) is 0 Å². The van der Waals surface area contributed by atoms with E-state index in [1.54, 1.807) is 16.2 Å². The molecule has 0 aliphatic carbocycles. The molecule has 0 radical (unpaired) electrons. The van der Waals surface area contributed by atoms with E-state index in [2.05, 4.69) is 10.1 Å². The average molecular weight is 293 g/mol. The van der Waals surface area contributed by atoms with Gasteiger partial charge in [-0.1, -0.05) is 11.2 Å². The van der Waals surface area contributed by atoms with Gasteiger partial charge in [-0.15, -0.1) is 11.3 Å². The van der Waals surface area contributed by atoms with E-state index in [9.17, 15) is 4.79 Å². The molecule has 1 fully saturated rings. The lowest BCUT2D eigenvalue weighted by Crippen LogP contribution is -2.31. The first-order valence-electron chi connectivity index (χ1n) is 6.42. The standard InChI is InChI=1S/C13H15N3O3S/c1-18-8-11(17)16-5-4-9(7-16)12-14-13(19-15-12)10-3-2-6-20-10/h2-3,6,9H,4-5,7-8H2,1H3/t9-/m1/s1. The highest BCUT2D eigenvalue weighted by Crippen LogP contribution is 2.28. The van der Waals surface area contributed by atoms with Gasteiger partial charge in [-0.05, 0) is 17.9 Å². The first kappa shape index (κ1) is 13.3. The van der Waals surface area contributed by atoms with Crippen molar-refractivity contribution in [2.45, 2.75) is 12.3 Å². The third kappa shape index (κ3) is 2.59. The number of likely N-dealkylation sites (tertiary alicyclic amines) is 1. The van der Waals surface area contributed by atoms with Crippen LogP contribution in [0.15, 0.2) is 22.0 Å². The first-order valence-corrected chi connectivity index (χ1v) is 7.30. The molecular formula is C13H15N3O3S. The van der Waals surface area contributed by atoms with Gasteiger partial charge < -0.3 is 14.2 Å². The van der Waals surface area contributed by atoms with Crippen LogP contribution in [0, 0.1) is 0 Å². The minimum Gasteiger partial charge on any atom is -0.375 e. The van der Waals surface area contributed by atoms with E-state index in [0.29, 0.717) is 18.3 Å². The molecule has 3 rings (SSSR count). The van der Waals surface area contributed by atoms with Crippen LogP contribution in [0.4, 0.5) is 0 Å². The van der Waals surface area contributed by atoms with Crippen molar-refractivity contribution in [3.05, 3.63) is 23.3 Å². The zero-order valence-electron chi connectivity index (χ0n) is 11.1. The van der Waals surface area contributed by atoms with Gasteiger partial charge in [0.25, 0.3) is 5.89 Å². The van der Waals surface area contributed by atoms with E-state index in [-0.39, 0.29) is 18.4 Å². The Balaban J connectivity index is 1.68. The number of methoxy groups -OCH3 is 1. The van der Waals surface area contributed by atoms with Crippen LogP contribution in [-0.4, -0.2) is 47.8 Å². The third-order valence-electron chi connectivity index (χ3n) is 3.35. The predicted molar refractivity (Wildman–Crippen MR) is 73.4 cm³/mol. The number of carbonyl (C=O) groups excluding carboxylic acids is 1. The molecule has 2 aromatic heterocycles. The number of thiophene rings is 1. The van der Waals surface area contributed by atoms with E-state index >= 15 is 0 Å². The number of hydrogen-bond acceptors (Lipinski definition) is 6. The molecule has 0 spiro atoms. The second-order valence-corrected chi connectivity index (χ2v) is 5.64. The van der Waals surface area contributed by atoms with E-state index in [0.717, 1.165) is 17.8 Å². The summed E-state index contributed by atoms with van der Waals surface area (Å²) in [5, 5.41) is 6.02. The van der Waals surface area contributed by atoms with E-state index in [1.165, 1.54) is 7.11 Å². The summed E-state index contributed by atoms with van der Waals surface area (Å²) in [5.41, 5.74) is 0. The fourth-order valence-corrected chi connectivity index (χ4v) is 2.96. The molecule has 0 bridgehead atoms. The zero-order valence-corrected chi connectivity index (χ0v) is 11.9. The van der Waals surface area contributed by atoms with Gasteiger partial charge >= 0.3 is 0 Å². The second kappa shape index (κ2) is 5.72. The number of aromatic nitrogens is 2. The van der Waals surface area contributed by atoms with Crippen molar-refractivity contribution >= 4 is 17.2 Å². The summed E-state index contributed by atoms with van der Waals surface area (Å²) in [5.74, 6) is 1.39. The average Bonchev–Trinajstić information content (AvgIpc) is 3.19. The molecule has 0 aromatic carbocycles. The van der Waals surface area contributed by atoms with Crippen LogP contribution in [0.1, 0.15) is 18.2 Å². The Hall–Kier alpha value is -1.73. The number of ether oxygens (including phenoxy) is 1. The fraction of sp³-hybridized carbons (Fsp3) is 0.462. The van der Waals surface area contributed by atoms with Crippen molar-refractivity contribution in [1.82, 2.24) is 15.0 Å². The third-order valence-corrected chi connectivity index (χ3v) is 4.21. The highest BCUT2D eigenvalue weighted by Gasteiger charge is 2.30. The summed E-state index contributed by atoms with van der Waals surface area (Å²) in [4.78, 5) is 18.9. The van der Waals surface area contributed by atoms with Crippen molar-refractivity contribution in [3.63, 3.8) is 0 Å². The highest BCUT2D eigenvalue weighted by molar-refractivity contribution is 7.13. The van der Waals surface area contributed by atoms with Gasteiger partial charge in [-0.25, -0.2) is 0 Å². The van der Waals surface area contributed by atoms with Crippen LogP contribution in [0.25, 0.3) is 10.8 Å². The molecule has 20 heavy (non-hydrogen) atoms. The van der Waals surface area contributed by atoms with Gasteiger partial charge in [-0.3, -0.25) is 4.79 Å². The fourth-order valence-electron chi connectivity index (χ4n) is 2.31. The molecule has 7 heteroatoms. The van der Waals surface area contributed by atoms with Gasteiger partial charge in [0.2, 0.25) is 5.91 Å². The molecule has 1 atom stereocenters. The maximum atomic E-state index is 11.8. The normalized spacial score (nSPS) is 18.6. The van der Waals surface area contributed by atoms with Crippen LogP contribution in [0.5, 0.6) is 0 Å². The quantitative estimate of drug-likeness (QED) is 0.859. The number of carbonyl (C=O) groups is 1. The van der Waals surface area contributed by atoms with Gasteiger partial charge in [0.15, 0.2) is 5.82 Å². The predicted octanol–water partition coefficient (Wildman–Crippen LogP) is 1.76. The van der Waals surface area contributed by atoms with E-state index < -0.39 is 0 Å². The molecule has 2 aromatic rings. The molecule has 1 saturated heterocycles. The molecule has 1 aliphatic rings. The van der Waals surface area contributed by atoms with Gasteiger partial charge in [-0.2, -0.15) is 4.98 Å². The summed E-state index contributed by atoms with van der Waals surface area (Å²) in [6.07, 6.45) is 0.860. The topological polar surface area (TPSA) is 68.5 Å². The molecule has 0 unspecified atom stereocenters. The number of amides is 1. The van der Waals surface area contributed by atoms with Crippen molar-refractivity contribution in [1.29, 1.82) is 0 Å². The SMILES string of the molecule is COCC(=O)N1CC[C@@H](c2noc(-c3cccs3)n2)C1. The molecule has 1 aliphatic heterocycles. The van der Waals surface area contributed by atoms with Crippen LogP contribution >= 0.6 is 11.3 Å². The smallest absolute Gasteiger partial charge is 0.267 e. The first-order chi connectivity index (χ1) is 9.78. The maximum absolute atomic E-state index is 11.8. The van der Waals surface area contributed by atoms with Crippen molar-refractivity contribution in [2.75, 3.05) is 26.8 Å². The number of nitrogens with zero attached hydrogens (tertiary/aromatic N) is 3. The van der Waals surface area contributed by atoms with Crippen LogP contribution in [0.2, 0.25) is 0 Å². The Labute approximate surface area is 120 Å². The van der Waals surface area contributed by atoms with E-state index in [4.69, 9.17) is 9.26 Å². The van der Waals surface area contributed by atoms with Crippen molar-refractivity contribution < 1.29 is 14.1 Å². The zero-order chi connectivity index (χ0) is 13.9. The monoisotopic (exact) mass is 293 g/mol. The second-order valence-electron chi connectivity index (χ2n) is 4.69. The summed E-state index contributed by atoms with van der Waals surface area (Å²) >= 11 is 1.57. The molecule has 1 amide bonds. The van der Waals surface area contributed by atoms with Crippen molar-refractivity contribution in [3.8, 4) is 10.8 Å². The minimum absolute atomic E-state index is 0.0111. The lowest BCUT2D eigenvalue weighted by molar-refractivity contribution is -0.134. The summed E-state index contributed by atoms with van der Waals surface area (Å²) in [7, 11) is 1.53. The molecular weight excluding hydrogens is 278 g/mol. The lowest BCUT2D eigenvalue weighted by Gasteiger charge is -2.14. The maximum Gasteiger partial charge on any atom is 0.267 e. The largest absolute Gasteiger partial charge is 0.375 e. The summed E-state index contributed by atoms with van der Waals surface area (Å²) in [6.45, 7) is 1.47. The van der Waals surface area contributed by atoms with E-state index in [1.807, 2.05) is 17.5 Å². The molecule has 106 valence electrons. The summed E-state index contributed by atoms with van der Waals surface area (Å²) < 4.78 is 10.2. The van der Waals surface area contributed by atoms with Gasteiger partial charge in [0.1, 0.15) is 6.61 Å². The lowest BCUT2D eigenvalue weighted by atomic mass is 10.1.